The summed E-state index contributed by atoms with van der Waals surface area (Å²) in [7, 11) is 0. The van der Waals surface area contributed by atoms with Crippen molar-refractivity contribution in [2.45, 2.75) is 0 Å². The molecule has 0 N–H and O–H groups in total. The fraction of sp³-hybridized carbons (Fsp3) is 0. The molecule has 0 amide bonds. The van der Waals surface area contributed by atoms with Crippen molar-refractivity contribution in [1.82, 2.24) is 0 Å². The molecule has 0 radical (unpaired) electrons. The molecule has 0 saturated heterocycles. The normalized spacial score (nSPS) is 11.7. The Hall–Kier alpha value is -6.16. The second-order valence-corrected chi connectivity index (χ2v) is 13.6. The monoisotopic (exact) mass is 643 g/mol. The first kappa shape index (κ1) is 27.9. The highest BCUT2D eigenvalue weighted by Crippen LogP contribution is 2.43. The predicted octanol–water partition coefficient (Wildman–Crippen LogP) is 13.9. The van der Waals surface area contributed by atoms with Crippen molar-refractivity contribution < 1.29 is 4.42 Å². The molecule has 10 rings (SSSR count). The van der Waals surface area contributed by atoms with Crippen LogP contribution in [0.15, 0.2) is 180 Å². The van der Waals surface area contributed by atoms with Crippen LogP contribution in [-0.4, -0.2) is 0 Å². The van der Waals surface area contributed by atoms with Gasteiger partial charge in [0, 0.05) is 53.4 Å². The Morgan fingerprint density at radius 2 is 1.04 bits per heavy atom. The van der Waals surface area contributed by atoms with Gasteiger partial charge < -0.3 is 9.32 Å². The highest BCUT2D eigenvalue weighted by molar-refractivity contribution is 7.25. The summed E-state index contributed by atoms with van der Waals surface area (Å²) < 4.78 is 8.88. The summed E-state index contributed by atoms with van der Waals surface area (Å²) in [5.74, 6) is 0. The number of nitrogens with zero attached hydrogens (tertiary/aromatic N) is 1. The van der Waals surface area contributed by atoms with Gasteiger partial charge in [0.1, 0.15) is 11.2 Å². The van der Waals surface area contributed by atoms with Gasteiger partial charge in [-0.15, -0.1) is 11.3 Å². The first-order valence-electron chi connectivity index (χ1n) is 16.6. The number of benzene rings is 8. The van der Waals surface area contributed by atoms with Crippen molar-refractivity contribution in [3.05, 3.63) is 176 Å². The highest BCUT2D eigenvalue weighted by atomic mass is 32.1. The smallest absolute Gasteiger partial charge is 0.136 e. The Labute approximate surface area is 287 Å². The average Bonchev–Trinajstić information content (AvgIpc) is 3.74. The lowest BCUT2D eigenvalue weighted by atomic mass is 9.94. The van der Waals surface area contributed by atoms with Crippen molar-refractivity contribution >= 4 is 81.3 Å². The van der Waals surface area contributed by atoms with E-state index in [2.05, 4.69) is 175 Å². The number of anilines is 3. The number of rotatable bonds is 5. The standard InChI is InChI=1S/C46H29NOS/c1-2-9-30(10-3-1)31-17-22-34(23-18-31)47(36-26-27-39-38-12-5-7-16-43(38)49-44(39)29-36)35-24-19-32(20-25-35)37-14-8-11-33-21-28-42-46(45(33)37)40-13-4-6-15-41(40)48-42/h1-29H. The van der Waals surface area contributed by atoms with E-state index in [1.165, 1.54) is 58.6 Å². The molecular weight excluding hydrogens is 615 g/mol. The number of fused-ring (bicyclic) bond motifs is 8. The van der Waals surface area contributed by atoms with E-state index in [1.54, 1.807) is 0 Å². The summed E-state index contributed by atoms with van der Waals surface area (Å²) in [5.41, 5.74) is 9.98. The summed E-state index contributed by atoms with van der Waals surface area (Å²) in [6.07, 6.45) is 0. The summed E-state index contributed by atoms with van der Waals surface area (Å²) in [5, 5.41) is 7.36. The second-order valence-electron chi connectivity index (χ2n) is 12.5. The number of thiophene rings is 1. The Kier molecular flexibility index (Phi) is 6.39. The molecule has 0 aliphatic rings. The van der Waals surface area contributed by atoms with Gasteiger partial charge >= 0.3 is 0 Å². The first-order chi connectivity index (χ1) is 24.3. The van der Waals surface area contributed by atoms with E-state index >= 15 is 0 Å². The molecule has 0 spiro atoms. The first-order valence-corrected chi connectivity index (χ1v) is 17.4. The Bertz CT molecular complexity index is 2810. The molecule has 0 saturated carbocycles. The summed E-state index contributed by atoms with van der Waals surface area (Å²) in [6, 6.07) is 63.2. The largest absolute Gasteiger partial charge is 0.456 e. The summed E-state index contributed by atoms with van der Waals surface area (Å²) >= 11 is 1.85. The third-order valence-electron chi connectivity index (χ3n) is 9.67. The number of hydrogen-bond donors (Lipinski definition) is 0. The molecule has 230 valence electrons. The van der Waals surface area contributed by atoms with Crippen LogP contribution in [0.25, 0.3) is 75.1 Å². The molecule has 49 heavy (non-hydrogen) atoms. The molecule has 0 atom stereocenters. The van der Waals surface area contributed by atoms with E-state index < -0.39 is 0 Å². The van der Waals surface area contributed by atoms with Crippen molar-refractivity contribution in [1.29, 1.82) is 0 Å². The second kappa shape index (κ2) is 11.2. The lowest BCUT2D eigenvalue weighted by molar-refractivity contribution is 0.669. The molecule has 8 aromatic carbocycles. The molecule has 0 aliphatic carbocycles. The van der Waals surface area contributed by atoms with E-state index in [4.69, 9.17) is 4.42 Å². The van der Waals surface area contributed by atoms with Crippen LogP contribution in [-0.2, 0) is 0 Å². The number of furan rings is 1. The van der Waals surface area contributed by atoms with E-state index in [9.17, 15) is 0 Å². The van der Waals surface area contributed by atoms with Crippen molar-refractivity contribution in [3.63, 3.8) is 0 Å². The van der Waals surface area contributed by atoms with Crippen LogP contribution in [0.5, 0.6) is 0 Å². The van der Waals surface area contributed by atoms with E-state index in [-0.39, 0.29) is 0 Å². The van der Waals surface area contributed by atoms with Crippen LogP contribution in [0.4, 0.5) is 17.1 Å². The minimum Gasteiger partial charge on any atom is -0.456 e. The van der Waals surface area contributed by atoms with Gasteiger partial charge in [0.2, 0.25) is 0 Å². The Morgan fingerprint density at radius 1 is 0.388 bits per heavy atom. The third kappa shape index (κ3) is 4.62. The van der Waals surface area contributed by atoms with Crippen LogP contribution in [0.1, 0.15) is 0 Å². The summed E-state index contributed by atoms with van der Waals surface area (Å²) in [4.78, 5) is 2.37. The summed E-state index contributed by atoms with van der Waals surface area (Å²) in [6.45, 7) is 0. The van der Waals surface area contributed by atoms with Crippen molar-refractivity contribution in [3.8, 4) is 22.3 Å². The van der Waals surface area contributed by atoms with Crippen molar-refractivity contribution in [2.75, 3.05) is 4.90 Å². The fourth-order valence-corrected chi connectivity index (χ4v) is 8.50. The average molecular weight is 644 g/mol. The molecule has 0 aliphatic heterocycles. The zero-order chi connectivity index (χ0) is 32.3. The van der Waals surface area contributed by atoms with Crippen LogP contribution in [0.3, 0.4) is 0 Å². The topological polar surface area (TPSA) is 16.4 Å². The van der Waals surface area contributed by atoms with Crippen LogP contribution >= 0.6 is 11.3 Å². The van der Waals surface area contributed by atoms with Gasteiger partial charge in [-0.2, -0.15) is 0 Å². The van der Waals surface area contributed by atoms with Crippen molar-refractivity contribution in [2.24, 2.45) is 0 Å². The van der Waals surface area contributed by atoms with Gasteiger partial charge in [-0.3, -0.25) is 0 Å². The zero-order valence-electron chi connectivity index (χ0n) is 26.5. The number of hydrogen-bond acceptors (Lipinski definition) is 3. The molecule has 0 bridgehead atoms. The fourth-order valence-electron chi connectivity index (χ4n) is 7.36. The lowest BCUT2D eigenvalue weighted by Gasteiger charge is -2.26. The zero-order valence-corrected chi connectivity index (χ0v) is 27.3. The third-order valence-corrected chi connectivity index (χ3v) is 10.8. The molecular formula is C46H29NOS. The van der Waals surface area contributed by atoms with Gasteiger partial charge in [-0.25, -0.2) is 0 Å². The SMILES string of the molecule is c1ccc(-c2ccc(N(c3ccc(-c4cccc5ccc6oc7ccccc7c6c45)cc3)c3ccc4c(c3)sc3ccccc34)cc2)cc1. The van der Waals surface area contributed by atoms with Crippen LogP contribution in [0.2, 0.25) is 0 Å². The molecule has 10 aromatic rings. The predicted molar refractivity (Wildman–Crippen MR) is 210 cm³/mol. The van der Waals surface area contributed by atoms with E-state index in [0.717, 1.165) is 33.6 Å². The minimum atomic E-state index is 0.916. The van der Waals surface area contributed by atoms with Gasteiger partial charge in [0.15, 0.2) is 0 Å². The maximum Gasteiger partial charge on any atom is 0.136 e. The molecule has 2 heterocycles. The maximum absolute atomic E-state index is 6.28. The molecule has 2 nitrogen and oxygen atoms in total. The van der Waals surface area contributed by atoms with Gasteiger partial charge in [-0.1, -0.05) is 121 Å². The van der Waals surface area contributed by atoms with Gasteiger partial charge in [-0.05, 0) is 82.2 Å². The molecule has 0 fully saturated rings. The Balaban J connectivity index is 1.12. The van der Waals surface area contributed by atoms with Crippen LogP contribution < -0.4 is 4.90 Å². The highest BCUT2D eigenvalue weighted by Gasteiger charge is 2.17. The van der Waals surface area contributed by atoms with Gasteiger partial charge in [0.05, 0.1) is 0 Å². The molecule has 3 heteroatoms. The quantitative estimate of drug-likeness (QED) is 0.186. The van der Waals surface area contributed by atoms with E-state index in [1.807, 2.05) is 17.4 Å². The van der Waals surface area contributed by atoms with Gasteiger partial charge in [0.25, 0.3) is 0 Å². The van der Waals surface area contributed by atoms with E-state index in [0.29, 0.717) is 0 Å². The lowest BCUT2D eigenvalue weighted by Crippen LogP contribution is -2.09. The molecule has 2 aromatic heterocycles. The Morgan fingerprint density at radius 3 is 1.86 bits per heavy atom. The minimum absolute atomic E-state index is 0.916. The maximum atomic E-state index is 6.28. The number of para-hydroxylation sites is 1. The van der Waals surface area contributed by atoms with Crippen LogP contribution in [0, 0.1) is 0 Å². The molecule has 0 unspecified atom stereocenters.